The van der Waals surface area contributed by atoms with Crippen LogP contribution in [-0.2, 0) is 14.1 Å². The Hall–Kier alpha value is -2.32. The minimum Gasteiger partial charge on any atom is -0.436 e. The summed E-state index contributed by atoms with van der Waals surface area (Å²) in [7, 11) is -1.53. The van der Waals surface area contributed by atoms with Crippen molar-refractivity contribution in [3.05, 3.63) is 63.4 Å². The predicted octanol–water partition coefficient (Wildman–Crippen LogP) is 1.57. The Balaban J connectivity index is 1.60. The van der Waals surface area contributed by atoms with Crippen LogP contribution in [0.5, 0.6) is 5.75 Å². The van der Waals surface area contributed by atoms with Crippen LogP contribution in [0, 0.1) is 5.92 Å². The number of para-hydroxylation sites is 1. The summed E-state index contributed by atoms with van der Waals surface area (Å²) >= 11 is 0. The lowest BCUT2D eigenvalue weighted by Crippen LogP contribution is -2.33. The highest BCUT2D eigenvalue weighted by Crippen LogP contribution is 2.38. The molecule has 10 heteroatoms. The average Bonchev–Trinajstić information content (AvgIpc) is 3.05. The fourth-order valence-corrected chi connectivity index (χ4v) is 3.98. The number of hydrogen-bond acceptors (Lipinski definition) is 7. The quantitative estimate of drug-likeness (QED) is 0.479. The monoisotopic (exact) mass is 407 g/mol. The first-order valence-electron chi connectivity index (χ1n) is 8.87. The molecule has 1 aromatic heterocycles. The molecule has 0 saturated carbocycles. The molecular weight excluding hydrogens is 385 g/mol. The number of nitrogens with zero attached hydrogens (tertiary/aromatic N) is 1. The van der Waals surface area contributed by atoms with E-state index in [1.807, 2.05) is 25.1 Å². The standard InChI is InChI=1S/C18H22N3O6P/c1-13-11-15(26-17(13)21-9-7-16(23)20-18(21)24)12-25-28(19-8-10-22)27-14-5-3-2-4-6-14/h2-7,9-10,13,15,17,19H,8,11-12H2,1H3,(H,20,23,24). The minimum atomic E-state index is -1.53. The third kappa shape index (κ3) is 5.36. The zero-order valence-electron chi connectivity index (χ0n) is 15.3. The topological polar surface area (TPSA) is 112 Å². The number of rotatable bonds is 9. The maximum absolute atomic E-state index is 12.0. The Kier molecular flexibility index (Phi) is 7.11. The van der Waals surface area contributed by atoms with Crippen molar-refractivity contribution in [2.75, 3.05) is 13.2 Å². The first-order chi connectivity index (χ1) is 13.6. The van der Waals surface area contributed by atoms with Crippen molar-refractivity contribution in [2.24, 2.45) is 5.92 Å². The highest BCUT2D eigenvalue weighted by Gasteiger charge is 2.34. The van der Waals surface area contributed by atoms with Crippen molar-refractivity contribution in [1.82, 2.24) is 14.6 Å². The molecule has 28 heavy (non-hydrogen) atoms. The number of carbonyl (C=O) groups excluding carboxylic acids is 1. The van der Waals surface area contributed by atoms with E-state index < -0.39 is 26.0 Å². The Morgan fingerprint density at radius 2 is 2.11 bits per heavy atom. The molecular formula is C18H22N3O6P. The fraction of sp³-hybridized carbons (Fsp3) is 0.389. The van der Waals surface area contributed by atoms with Gasteiger partial charge in [-0.15, -0.1) is 0 Å². The van der Waals surface area contributed by atoms with Gasteiger partial charge in [0.1, 0.15) is 18.3 Å². The van der Waals surface area contributed by atoms with Crippen LogP contribution in [0.4, 0.5) is 0 Å². The van der Waals surface area contributed by atoms with Gasteiger partial charge in [0.2, 0.25) is 0 Å². The second-order valence-electron chi connectivity index (χ2n) is 6.37. The number of nitrogens with one attached hydrogen (secondary N) is 2. The number of aromatic nitrogens is 2. The van der Waals surface area contributed by atoms with Gasteiger partial charge in [0.15, 0.2) is 0 Å². The maximum atomic E-state index is 12.0. The van der Waals surface area contributed by atoms with Crippen molar-refractivity contribution < 1.29 is 18.6 Å². The molecule has 0 aliphatic carbocycles. The Bertz CT molecular complexity index is 887. The van der Waals surface area contributed by atoms with Gasteiger partial charge in [-0.2, -0.15) is 0 Å². The van der Waals surface area contributed by atoms with Gasteiger partial charge < -0.3 is 18.6 Å². The van der Waals surface area contributed by atoms with E-state index in [1.54, 1.807) is 12.1 Å². The van der Waals surface area contributed by atoms with Crippen molar-refractivity contribution in [3.8, 4) is 5.75 Å². The molecule has 0 spiro atoms. The third-order valence-corrected chi connectivity index (χ3v) is 5.39. The Labute approximate surface area is 162 Å². The predicted molar refractivity (Wildman–Crippen MR) is 103 cm³/mol. The molecule has 1 aliphatic heterocycles. The molecule has 2 N–H and O–H groups in total. The smallest absolute Gasteiger partial charge is 0.330 e. The molecule has 1 saturated heterocycles. The first-order valence-corrected chi connectivity index (χ1v) is 10.0. The van der Waals surface area contributed by atoms with Crippen LogP contribution in [0.25, 0.3) is 0 Å². The van der Waals surface area contributed by atoms with E-state index >= 15 is 0 Å². The normalized spacial score (nSPS) is 22.7. The fourth-order valence-electron chi connectivity index (χ4n) is 2.94. The van der Waals surface area contributed by atoms with E-state index in [0.717, 1.165) is 6.29 Å². The number of hydrogen-bond donors (Lipinski definition) is 2. The van der Waals surface area contributed by atoms with E-state index in [2.05, 4.69) is 10.1 Å². The SMILES string of the molecule is CC1CC(COP(NCC=O)Oc2ccccc2)OC1n1ccc(=O)[nH]c1=O. The van der Waals surface area contributed by atoms with Gasteiger partial charge in [-0.3, -0.25) is 14.3 Å². The lowest BCUT2D eigenvalue weighted by atomic mass is 10.1. The molecule has 2 aromatic rings. The van der Waals surface area contributed by atoms with Gasteiger partial charge in [-0.05, 0) is 18.6 Å². The Morgan fingerprint density at radius 1 is 1.32 bits per heavy atom. The summed E-state index contributed by atoms with van der Waals surface area (Å²) in [5, 5.41) is 2.91. The molecule has 3 rings (SSSR count). The van der Waals surface area contributed by atoms with Crippen LogP contribution < -0.4 is 20.9 Å². The molecule has 9 nitrogen and oxygen atoms in total. The van der Waals surface area contributed by atoms with E-state index in [-0.39, 0.29) is 25.2 Å². The second-order valence-corrected chi connectivity index (χ2v) is 7.64. The summed E-state index contributed by atoms with van der Waals surface area (Å²) in [4.78, 5) is 36.2. The van der Waals surface area contributed by atoms with Gasteiger partial charge in [0, 0.05) is 18.2 Å². The largest absolute Gasteiger partial charge is 0.436 e. The number of aldehydes is 1. The molecule has 0 radical (unpaired) electrons. The Morgan fingerprint density at radius 3 is 2.82 bits per heavy atom. The second kappa shape index (κ2) is 9.75. The minimum absolute atomic E-state index is 0.0569. The molecule has 1 fully saturated rings. The third-order valence-electron chi connectivity index (χ3n) is 4.19. The number of ether oxygens (including phenoxy) is 1. The van der Waals surface area contributed by atoms with E-state index in [1.165, 1.54) is 16.8 Å². The molecule has 4 unspecified atom stereocenters. The van der Waals surface area contributed by atoms with Crippen LogP contribution in [-0.4, -0.2) is 35.1 Å². The van der Waals surface area contributed by atoms with Crippen molar-refractivity contribution >= 4 is 14.8 Å². The lowest BCUT2D eigenvalue weighted by Gasteiger charge is -2.20. The van der Waals surface area contributed by atoms with Gasteiger partial charge in [-0.25, -0.2) is 9.88 Å². The van der Waals surface area contributed by atoms with Gasteiger partial charge in [-0.1, -0.05) is 25.1 Å². The average molecular weight is 407 g/mol. The van der Waals surface area contributed by atoms with E-state index in [0.29, 0.717) is 12.2 Å². The summed E-state index contributed by atoms with van der Waals surface area (Å²) in [6, 6.07) is 10.5. The number of H-pyrrole nitrogens is 1. The first kappa shape index (κ1) is 20.4. The molecule has 1 aromatic carbocycles. The molecule has 150 valence electrons. The lowest BCUT2D eigenvalue weighted by molar-refractivity contribution is -0.106. The van der Waals surface area contributed by atoms with E-state index in [9.17, 15) is 14.4 Å². The van der Waals surface area contributed by atoms with E-state index in [4.69, 9.17) is 13.8 Å². The number of carbonyl (C=O) groups is 1. The molecule has 0 amide bonds. The molecule has 1 aliphatic rings. The number of aromatic amines is 1. The summed E-state index contributed by atoms with van der Waals surface area (Å²) in [6.45, 7) is 2.31. The van der Waals surface area contributed by atoms with Gasteiger partial charge in [0.25, 0.3) is 5.56 Å². The van der Waals surface area contributed by atoms with Crippen LogP contribution >= 0.6 is 8.53 Å². The van der Waals surface area contributed by atoms with Crippen molar-refractivity contribution in [2.45, 2.75) is 25.7 Å². The highest BCUT2D eigenvalue weighted by molar-refractivity contribution is 7.45. The zero-order valence-corrected chi connectivity index (χ0v) is 16.2. The molecule has 2 heterocycles. The molecule has 0 bridgehead atoms. The molecule has 4 atom stereocenters. The zero-order chi connectivity index (χ0) is 19.9. The summed E-state index contributed by atoms with van der Waals surface area (Å²) in [5.41, 5.74) is -0.954. The summed E-state index contributed by atoms with van der Waals surface area (Å²) in [6.07, 6.45) is 2.12. The van der Waals surface area contributed by atoms with Crippen molar-refractivity contribution in [1.29, 1.82) is 0 Å². The van der Waals surface area contributed by atoms with Gasteiger partial charge >= 0.3 is 14.2 Å². The maximum Gasteiger partial charge on any atom is 0.330 e. The van der Waals surface area contributed by atoms with Crippen LogP contribution in [0.3, 0.4) is 0 Å². The van der Waals surface area contributed by atoms with Crippen LogP contribution in [0.1, 0.15) is 19.6 Å². The summed E-state index contributed by atoms with van der Waals surface area (Å²) in [5.74, 6) is 0.687. The van der Waals surface area contributed by atoms with Crippen molar-refractivity contribution in [3.63, 3.8) is 0 Å². The van der Waals surface area contributed by atoms with Crippen LogP contribution in [0.2, 0.25) is 0 Å². The highest BCUT2D eigenvalue weighted by atomic mass is 31.2. The van der Waals surface area contributed by atoms with Gasteiger partial charge in [0.05, 0.1) is 19.3 Å². The van der Waals surface area contributed by atoms with Crippen LogP contribution in [0.15, 0.2) is 52.2 Å². The number of benzene rings is 1. The summed E-state index contributed by atoms with van der Waals surface area (Å²) < 4.78 is 18.9.